The number of carbonyl (C=O) groups excluding carboxylic acids is 3. The molecule has 2 aromatic rings. The number of rotatable bonds is 2. The standard InChI is InChI=1S/C21H21N3O3/c1-12-3-5-16(9-13(12)2)22-20(26)21(27)23-17-10-14-4-6-18(25)24-8-7-15(11-17)19(14)24/h3,5,9-11H,4,6-8H2,1-2H3,(H,22,26)(H,23,27). The fourth-order valence-electron chi connectivity index (χ4n) is 3.72. The number of amides is 3. The molecule has 2 aromatic carbocycles. The predicted molar refractivity (Wildman–Crippen MR) is 104 cm³/mol. The van der Waals surface area contributed by atoms with Gasteiger partial charge in [-0.3, -0.25) is 14.4 Å². The lowest BCUT2D eigenvalue weighted by molar-refractivity contribution is -0.132. The Morgan fingerprint density at radius 3 is 2.22 bits per heavy atom. The zero-order chi connectivity index (χ0) is 19.1. The predicted octanol–water partition coefficient (Wildman–Crippen LogP) is 2.72. The maximum Gasteiger partial charge on any atom is 0.314 e. The number of aryl methyl sites for hydroxylation is 3. The first-order chi connectivity index (χ1) is 12.9. The topological polar surface area (TPSA) is 78.5 Å². The third kappa shape index (κ3) is 3.18. The van der Waals surface area contributed by atoms with Crippen LogP contribution in [0.5, 0.6) is 0 Å². The number of hydrogen-bond acceptors (Lipinski definition) is 3. The molecule has 0 unspecified atom stereocenters. The van der Waals surface area contributed by atoms with Gasteiger partial charge < -0.3 is 15.5 Å². The molecule has 0 aliphatic carbocycles. The molecule has 0 saturated carbocycles. The Morgan fingerprint density at radius 1 is 0.852 bits per heavy atom. The fourth-order valence-corrected chi connectivity index (χ4v) is 3.72. The summed E-state index contributed by atoms with van der Waals surface area (Å²) >= 11 is 0. The molecule has 27 heavy (non-hydrogen) atoms. The Kier molecular flexibility index (Phi) is 4.18. The van der Waals surface area contributed by atoms with Crippen LogP contribution in [-0.2, 0) is 27.2 Å². The minimum absolute atomic E-state index is 0.158. The van der Waals surface area contributed by atoms with Gasteiger partial charge in [0.15, 0.2) is 0 Å². The Bertz CT molecular complexity index is 981. The highest BCUT2D eigenvalue weighted by Crippen LogP contribution is 2.38. The monoisotopic (exact) mass is 363 g/mol. The van der Waals surface area contributed by atoms with Crippen LogP contribution in [0.25, 0.3) is 0 Å². The van der Waals surface area contributed by atoms with Crippen LogP contribution in [0.1, 0.15) is 28.7 Å². The second-order valence-electron chi connectivity index (χ2n) is 7.15. The Morgan fingerprint density at radius 2 is 1.52 bits per heavy atom. The molecule has 6 nitrogen and oxygen atoms in total. The van der Waals surface area contributed by atoms with Gasteiger partial charge in [-0.2, -0.15) is 0 Å². The Hall–Kier alpha value is -3.15. The number of benzene rings is 2. The lowest BCUT2D eigenvalue weighted by Gasteiger charge is -2.25. The van der Waals surface area contributed by atoms with E-state index in [1.807, 2.05) is 43.0 Å². The summed E-state index contributed by atoms with van der Waals surface area (Å²) in [6.45, 7) is 4.63. The molecule has 0 fully saturated rings. The van der Waals surface area contributed by atoms with E-state index >= 15 is 0 Å². The van der Waals surface area contributed by atoms with Crippen molar-refractivity contribution >= 4 is 34.8 Å². The van der Waals surface area contributed by atoms with Gasteiger partial charge in [0.2, 0.25) is 5.91 Å². The molecule has 138 valence electrons. The molecule has 2 aliphatic rings. The average Bonchev–Trinajstić information content (AvgIpc) is 3.06. The summed E-state index contributed by atoms with van der Waals surface area (Å²) in [4.78, 5) is 38.4. The molecule has 0 saturated heterocycles. The molecule has 0 radical (unpaired) electrons. The van der Waals surface area contributed by atoms with Crippen molar-refractivity contribution in [3.8, 4) is 0 Å². The van der Waals surface area contributed by atoms with Crippen LogP contribution in [0.15, 0.2) is 30.3 Å². The van der Waals surface area contributed by atoms with Gasteiger partial charge in [-0.05, 0) is 73.2 Å². The molecule has 0 atom stereocenters. The van der Waals surface area contributed by atoms with Crippen LogP contribution < -0.4 is 15.5 Å². The molecule has 4 rings (SSSR count). The minimum atomic E-state index is -0.706. The van der Waals surface area contributed by atoms with E-state index in [1.54, 1.807) is 6.07 Å². The second-order valence-corrected chi connectivity index (χ2v) is 7.15. The van der Waals surface area contributed by atoms with Crippen LogP contribution in [0.4, 0.5) is 17.1 Å². The first-order valence-electron chi connectivity index (χ1n) is 9.08. The maximum atomic E-state index is 12.3. The highest BCUT2D eigenvalue weighted by Gasteiger charge is 2.31. The van der Waals surface area contributed by atoms with Crippen LogP contribution in [0.2, 0.25) is 0 Å². The van der Waals surface area contributed by atoms with Gasteiger partial charge in [0.05, 0.1) is 5.69 Å². The largest absolute Gasteiger partial charge is 0.318 e. The first-order valence-corrected chi connectivity index (χ1v) is 9.08. The van der Waals surface area contributed by atoms with Crippen molar-refractivity contribution in [1.29, 1.82) is 0 Å². The molecule has 0 spiro atoms. The Balaban J connectivity index is 1.49. The third-order valence-corrected chi connectivity index (χ3v) is 5.28. The van der Waals surface area contributed by atoms with E-state index < -0.39 is 11.8 Å². The summed E-state index contributed by atoms with van der Waals surface area (Å²) in [7, 11) is 0. The van der Waals surface area contributed by atoms with Crippen molar-refractivity contribution in [2.75, 3.05) is 22.1 Å². The summed E-state index contributed by atoms with van der Waals surface area (Å²) in [5, 5.41) is 5.32. The summed E-state index contributed by atoms with van der Waals surface area (Å²) < 4.78 is 0. The molecule has 3 amide bonds. The number of nitrogens with zero attached hydrogens (tertiary/aromatic N) is 1. The van der Waals surface area contributed by atoms with Gasteiger partial charge in [-0.15, -0.1) is 0 Å². The molecule has 2 heterocycles. The lowest BCUT2D eigenvalue weighted by Crippen LogP contribution is -2.33. The first kappa shape index (κ1) is 17.3. The van der Waals surface area contributed by atoms with Crippen LogP contribution in [0.3, 0.4) is 0 Å². The zero-order valence-corrected chi connectivity index (χ0v) is 15.4. The van der Waals surface area contributed by atoms with E-state index in [1.165, 1.54) is 0 Å². The lowest BCUT2D eigenvalue weighted by atomic mass is 9.98. The molecule has 6 heteroatoms. The van der Waals surface area contributed by atoms with E-state index in [2.05, 4.69) is 10.6 Å². The molecule has 0 aromatic heterocycles. The average molecular weight is 363 g/mol. The van der Waals surface area contributed by atoms with Crippen molar-refractivity contribution in [3.63, 3.8) is 0 Å². The smallest absolute Gasteiger partial charge is 0.314 e. The van der Waals surface area contributed by atoms with Crippen LogP contribution in [-0.4, -0.2) is 24.3 Å². The number of anilines is 3. The second kappa shape index (κ2) is 6.54. The number of hydrogen-bond donors (Lipinski definition) is 2. The minimum Gasteiger partial charge on any atom is -0.318 e. The van der Waals surface area contributed by atoms with Crippen molar-refractivity contribution < 1.29 is 14.4 Å². The Labute approximate surface area is 157 Å². The van der Waals surface area contributed by atoms with E-state index in [4.69, 9.17) is 0 Å². The SMILES string of the molecule is Cc1ccc(NC(=O)C(=O)Nc2cc3c4c(c2)CCN4C(=O)CC3)cc1C. The van der Waals surface area contributed by atoms with Crippen molar-refractivity contribution in [2.24, 2.45) is 0 Å². The van der Waals surface area contributed by atoms with Crippen molar-refractivity contribution in [1.82, 2.24) is 0 Å². The van der Waals surface area contributed by atoms with E-state index in [-0.39, 0.29) is 5.91 Å². The normalized spacial score (nSPS) is 14.7. The van der Waals surface area contributed by atoms with E-state index in [0.717, 1.165) is 34.4 Å². The molecule has 2 N–H and O–H groups in total. The van der Waals surface area contributed by atoms with Gasteiger partial charge in [0.25, 0.3) is 0 Å². The molecule has 0 bridgehead atoms. The van der Waals surface area contributed by atoms with Gasteiger partial charge in [-0.1, -0.05) is 6.07 Å². The van der Waals surface area contributed by atoms with Gasteiger partial charge in [-0.25, -0.2) is 0 Å². The summed E-state index contributed by atoms with van der Waals surface area (Å²) in [6.07, 6.45) is 1.92. The number of carbonyl (C=O) groups is 3. The van der Waals surface area contributed by atoms with Crippen LogP contribution in [0, 0.1) is 13.8 Å². The molecule has 2 aliphatic heterocycles. The van der Waals surface area contributed by atoms with Crippen molar-refractivity contribution in [3.05, 3.63) is 52.6 Å². The summed E-state index contributed by atoms with van der Waals surface area (Å²) in [5.74, 6) is -1.25. The van der Waals surface area contributed by atoms with Gasteiger partial charge in [0, 0.05) is 24.3 Å². The fraction of sp³-hybridized carbons (Fsp3) is 0.286. The van der Waals surface area contributed by atoms with Crippen LogP contribution >= 0.6 is 0 Å². The summed E-state index contributed by atoms with van der Waals surface area (Å²) in [5.41, 5.74) is 6.45. The van der Waals surface area contributed by atoms with E-state index in [0.29, 0.717) is 30.8 Å². The van der Waals surface area contributed by atoms with Crippen molar-refractivity contribution in [2.45, 2.75) is 33.1 Å². The van der Waals surface area contributed by atoms with E-state index in [9.17, 15) is 14.4 Å². The quantitative estimate of drug-likeness (QED) is 0.806. The molecular weight excluding hydrogens is 342 g/mol. The summed E-state index contributed by atoms with van der Waals surface area (Å²) in [6, 6.07) is 9.24. The van der Waals surface area contributed by atoms with Gasteiger partial charge in [0.1, 0.15) is 0 Å². The van der Waals surface area contributed by atoms with Gasteiger partial charge >= 0.3 is 11.8 Å². The number of nitrogens with one attached hydrogen (secondary N) is 2. The maximum absolute atomic E-state index is 12.3. The zero-order valence-electron chi connectivity index (χ0n) is 15.4. The highest BCUT2D eigenvalue weighted by molar-refractivity contribution is 6.43. The highest BCUT2D eigenvalue weighted by atomic mass is 16.2. The molecular formula is C21H21N3O3. The third-order valence-electron chi connectivity index (χ3n) is 5.28.